The molecule has 0 saturated carbocycles. The number of hydrogen-bond donors (Lipinski definition) is 1. The molecule has 3 aromatic rings. The lowest BCUT2D eigenvalue weighted by Gasteiger charge is -2.12. The van der Waals surface area contributed by atoms with Crippen LogP contribution < -0.4 is 14.8 Å². The fourth-order valence-electron chi connectivity index (χ4n) is 3.14. The summed E-state index contributed by atoms with van der Waals surface area (Å²) in [5, 5.41) is 4.87. The fourth-order valence-corrected chi connectivity index (χ4v) is 4.47. The Bertz CT molecular complexity index is 1320. The summed E-state index contributed by atoms with van der Waals surface area (Å²) in [7, 11) is 1.56. The second-order valence-electron chi connectivity index (χ2n) is 7.31. The number of rotatable bonds is 6. The van der Waals surface area contributed by atoms with Crippen molar-refractivity contribution in [3.8, 4) is 11.5 Å². The van der Waals surface area contributed by atoms with Crippen LogP contribution in [0.1, 0.15) is 16.7 Å². The van der Waals surface area contributed by atoms with E-state index < -0.39 is 0 Å². The minimum atomic E-state index is -0.220. The molecular formula is C25H19Cl3N2O3S. The molecule has 174 valence electrons. The van der Waals surface area contributed by atoms with Crippen LogP contribution in [0.5, 0.6) is 11.5 Å². The number of hydrogen-bond acceptors (Lipinski definition) is 5. The molecule has 1 amide bonds. The van der Waals surface area contributed by atoms with Crippen molar-refractivity contribution in [2.45, 2.75) is 13.5 Å². The maximum absolute atomic E-state index is 12.5. The number of amides is 1. The molecule has 0 bridgehead atoms. The van der Waals surface area contributed by atoms with Crippen molar-refractivity contribution in [3.63, 3.8) is 0 Å². The predicted octanol–water partition coefficient (Wildman–Crippen LogP) is 7.43. The van der Waals surface area contributed by atoms with Gasteiger partial charge in [0.2, 0.25) is 0 Å². The molecule has 1 fully saturated rings. The Morgan fingerprint density at radius 1 is 1.00 bits per heavy atom. The average molecular weight is 534 g/mol. The van der Waals surface area contributed by atoms with Gasteiger partial charge in [-0.05, 0) is 77.9 Å². The van der Waals surface area contributed by atoms with Gasteiger partial charge in [0, 0.05) is 5.02 Å². The number of benzene rings is 3. The molecule has 1 saturated heterocycles. The lowest BCUT2D eigenvalue weighted by Crippen LogP contribution is -2.19. The maximum Gasteiger partial charge on any atom is 0.264 e. The zero-order valence-electron chi connectivity index (χ0n) is 18.2. The highest BCUT2D eigenvalue weighted by atomic mass is 35.5. The topological polar surface area (TPSA) is 59.9 Å². The van der Waals surface area contributed by atoms with Crippen LogP contribution in [0.15, 0.2) is 64.5 Å². The van der Waals surface area contributed by atoms with Gasteiger partial charge in [0.15, 0.2) is 16.7 Å². The van der Waals surface area contributed by atoms with Crippen molar-refractivity contribution in [3.05, 3.63) is 91.3 Å². The van der Waals surface area contributed by atoms with E-state index in [0.717, 1.165) is 16.7 Å². The van der Waals surface area contributed by atoms with Crippen molar-refractivity contribution >= 4 is 69.4 Å². The number of amidine groups is 1. The third-order valence-corrected chi connectivity index (χ3v) is 7.03. The summed E-state index contributed by atoms with van der Waals surface area (Å²) >= 11 is 19.5. The van der Waals surface area contributed by atoms with Gasteiger partial charge in [0.1, 0.15) is 6.61 Å². The summed E-state index contributed by atoms with van der Waals surface area (Å²) < 4.78 is 11.4. The number of nitrogens with one attached hydrogen (secondary N) is 1. The molecule has 9 heteroatoms. The molecule has 0 unspecified atom stereocenters. The summed E-state index contributed by atoms with van der Waals surface area (Å²) in [4.78, 5) is 17.5. The highest BCUT2D eigenvalue weighted by Gasteiger charge is 2.24. The molecule has 1 heterocycles. The van der Waals surface area contributed by atoms with Crippen LogP contribution >= 0.6 is 46.6 Å². The highest BCUT2D eigenvalue weighted by molar-refractivity contribution is 8.18. The van der Waals surface area contributed by atoms with Crippen LogP contribution in [0, 0.1) is 6.92 Å². The first-order valence-corrected chi connectivity index (χ1v) is 12.1. The summed E-state index contributed by atoms with van der Waals surface area (Å²) in [6.07, 6.45) is 1.78. The molecule has 0 atom stereocenters. The summed E-state index contributed by atoms with van der Waals surface area (Å²) in [6.45, 7) is 2.19. The summed E-state index contributed by atoms with van der Waals surface area (Å²) in [5.41, 5.74) is 3.23. The first-order chi connectivity index (χ1) is 16.3. The Labute approximate surface area is 216 Å². The molecule has 4 rings (SSSR count). The molecule has 0 spiro atoms. The quantitative estimate of drug-likeness (QED) is 0.335. The molecular weight excluding hydrogens is 515 g/mol. The molecule has 0 aliphatic carbocycles. The third-order valence-electron chi connectivity index (χ3n) is 4.98. The van der Waals surface area contributed by atoms with Crippen LogP contribution in [0.2, 0.25) is 15.1 Å². The van der Waals surface area contributed by atoms with E-state index >= 15 is 0 Å². The number of carbonyl (C=O) groups excluding carboxylic acids is 1. The summed E-state index contributed by atoms with van der Waals surface area (Å²) in [5.74, 6) is 0.890. The molecule has 1 aliphatic rings. The molecule has 3 aromatic carbocycles. The number of thioether (sulfide) groups is 1. The van der Waals surface area contributed by atoms with E-state index in [1.54, 1.807) is 43.5 Å². The van der Waals surface area contributed by atoms with Crippen LogP contribution in [0.25, 0.3) is 6.08 Å². The van der Waals surface area contributed by atoms with Crippen LogP contribution in [0.4, 0.5) is 5.69 Å². The minimum absolute atomic E-state index is 0.220. The van der Waals surface area contributed by atoms with E-state index in [1.165, 1.54) is 11.8 Å². The van der Waals surface area contributed by atoms with Crippen molar-refractivity contribution in [1.82, 2.24) is 5.32 Å². The number of aliphatic imine (C=N–C) groups is 1. The fraction of sp³-hybridized carbons (Fsp3) is 0.120. The monoisotopic (exact) mass is 532 g/mol. The molecule has 5 nitrogen and oxygen atoms in total. The van der Waals surface area contributed by atoms with Crippen LogP contribution in [0.3, 0.4) is 0 Å². The first kappa shape index (κ1) is 24.5. The van der Waals surface area contributed by atoms with Gasteiger partial charge in [-0.1, -0.05) is 53.0 Å². The SMILES string of the molecule is COc1cc(/C=C2/SC(=Nc3cccc(Cl)c3C)NC2=O)ccc1OCc1ccc(Cl)c(Cl)c1. The average Bonchev–Trinajstić information content (AvgIpc) is 3.16. The lowest BCUT2D eigenvalue weighted by molar-refractivity contribution is -0.115. The molecule has 1 aliphatic heterocycles. The van der Waals surface area contributed by atoms with E-state index in [4.69, 9.17) is 44.3 Å². The third kappa shape index (κ3) is 5.70. The van der Waals surface area contributed by atoms with E-state index in [9.17, 15) is 4.79 Å². The second-order valence-corrected chi connectivity index (χ2v) is 9.57. The number of halogens is 3. The van der Waals surface area contributed by atoms with Crippen molar-refractivity contribution in [2.75, 3.05) is 7.11 Å². The molecule has 0 aromatic heterocycles. The Morgan fingerprint density at radius 3 is 2.59 bits per heavy atom. The Hall–Kier alpha value is -2.64. The van der Waals surface area contributed by atoms with E-state index in [0.29, 0.717) is 48.9 Å². The lowest BCUT2D eigenvalue weighted by atomic mass is 10.2. The van der Waals surface area contributed by atoms with E-state index in [-0.39, 0.29) is 5.91 Å². The molecule has 0 radical (unpaired) electrons. The van der Waals surface area contributed by atoms with Gasteiger partial charge in [0.05, 0.1) is 27.7 Å². The van der Waals surface area contributed by atoms with Crippen LogP contribution in [-0.4, -0.2) is 18.2 Å². The second kappa shape index (κ2) is 10.7. The van der Waals surface area contributed by atoms with Crippen molar-refractivity contribution in [1.29, 1.82) is 0 Å². The number of nitrogens with zero attached hydrogens (tertiary/aromatic N) is 1. The van der Waals surface area contributed by atoms with Crippen molar-refractivity contribution < 1.29 is 14.3 Å². The number of carbonyl (C=O) groups is 1. The Balaban J connectivity index is 1.50. The standard InChI is InChI=1S/C25H19Cl3N2O3S/c1-14-17(26)4-3-5-20(14)29-25-30-24(31)23(34-25)12-15-7-9-21(22(11-15)32-2)33-13-16-6-8-18(27)19(28)10-16/h3-12H,13H2,1-2H3,(H,29,30,31)/b23-12+. The van der Waals surface area contributed by atoms with Gasteiger partial charge in [-0.25, -0.2) is 4.99 Å². The van der Waals surface area contributed by atoms with Crippen LogP contribution in [-0.2, 0) is 11.4 Å². The Kier molecular flexibility index (Phi) is 7.73. The largest absolute Gasteiger partial charge is 0.493 e. The van der Waals surface area contributed by atoms with E-state index in [1.807, 2.05) is 31.2 Å². The number of methoxy groups -OCH3 is 1. The predicted molar refractivity (Wildman–Crippen MR) is 141 cm³/mol. The highest BCUT2D eigenvalue weighted by Crippen LogP contribution is 2.34. The van der Waals surface area contributed by atoms with E-state index in [2.05, 4.69) is 10.3 Å². The summed E-state index contributed by atoms with van der Waals surface area (Å²) in [6, 6.07) is 16.3. The zero-order valence-corrected chi connectivity index (χ0v) is 21.3. The molecule has 34 heavy (non-hydrogen) atoms. The van der Waals surface area contributed by atoms with Crippen molar-refractivity contribution in [2.24, 2.45) is 4.99 Å². The van der Waals surface area contributed by atoms with Gasteiger partial charge in [-0.2, -0.15) is 0 Å². The zero-order chi connectivity index (χ0) is 24.2. The maximum atomic E-state index is 12.5. The minimum Gasteiger partial charge on any atom is -0.493 e. The van der Waals surface area contributed by atoms with Gasteiger partial charge in [-0.15, -0.1) is 0 Å². The van der Waals surface area contributed by atoms with Gasteiger partial charge < -0.3 is 14.8 Å². The Morgan fingerprint density at radius 2 is 1.82 bits per heavy atom. The normalized spacial score (nSPS) is 15.6. The van der Waals surface area contributed by atoms with Gasteiger partial charge >= 0.3 is 0 Å². The molecule has 1 N–H and O–H groups in total. The smallest absolute Gasteiger partial charge is 0.264 e. The number of ether oxygens (including phenoxy) is 2. The first-order valence-electron chi connectivity index (χ1n) is 10.1. The van der Waals surface area contributed by atoms with Gasteiger partial charge in [0.25, 0.3) is 5.91 Å². The van der Waals surface area contributed by atoms with Gasteiger partial charge in [-0.3, -0.25) is 4.79 Å².